The fraction of sp³-hybridized carbons (Fsp3) is 0.506. The van der Waals surface area contributed by atoms with Gasteiger partial charge in [-0.15, -0.1) is 10.2 Å². The standard InChI is InChI=1S/C87H119N12/c1-52(2)68-27-25-28-69(53(3)4)82(68)92-31-33-96(49-92)86-76(60(17)18)41-66(42-77(86)61(19)20)80-47-98(90-88-80)45-64-37-72(56(9)10)84(73(38-64)57(11)12)94-35-36-95(51-94)85-74(58(13)14)39-65(40-75(85)59(15)16)46-99-48-81(89-91-99)67-43-78(62(21)22)87(79(44-67)63(23)24)97-34-32-93(50-97)83-70(54(5)6)29-26-30-71(83)55(7)8/h25-30,37-44,47-63H,31-36,45-46H2,1-24H3/q+3. The van der Waals surface area contributed by atoms with E-state index < -0.39 is 0 Å². The van der Waals surface area contributed by atoms with E-state index >= 15 is 0 Å². The molecule has 0 bridgehead atoms. The zero-order valence-corrected chi connectivity index (χ0v) is 64.9. The first kappa shape index (κ1) is 72.3. The van der Waals surface area contributed by atoms with Gasteiger partial charge in [-0.1, -0.05) is 213 Å². The van der Waals surface area contributed by atoms with Crippen LogP contribution in [0.1, 0.15) is 315 Å². The van der Waals surface area contributed by atoms with Crippen molar-refractivity contribution in [2.75, 3.05) is 54.0 Å². The zero-order chi connectivity index (χ0) is 71.3. The summed E-state index contributed by atoms with van der Waals surface area (Å²) >= 11 is 0. The third-order valence-electron chi connectivity index (χ3n) is 21.1. The lowest BCUT2D eigenvalue weighted by Crippen LogP contribution is -2.23. The van der Waals surface area contributed by atoms with E-state index in [1.165, 1.54) is 112 Å². The summed E-state index contributed by atoms with van der Waals surface area (Å²) in [6, 6.07) is 33.2. The molecule has 0 amide bonds. The van der Waals surface area contributed by atoms with Crippen molar-refractivity contribution in [2.45, 2.75) is 250 Å². The third-order valence-corrected chi connectivity index (χ3v) is 21.1. The quantitative estimate of drug-likeness (QED) is 0.0558. The van der Waals surface area contributed by atoms with Crippen LogP contribution in [-0.2, 0) is 13.1 Å². The number of hydrogen-bond donors (Lipinski definition) is 0. The summed E-state index contributed by atoms with van der Waals surface area (Å²) in [5, 5.41) is 19.6. The lowest BCUT2D eigenvalue weighted by molar-refractivity contribution is -0.425. The average molecular weight is 1330 g/mol. The van der Waals surface area contributed by atoms with Crippen LogP contribution in [0.25, 0.3) is 22.5 Å². The van der Waals surface area contributed by atoms with Crippen molar-refractivity contribution < 1.29 is 13.7 Å². The maximum Gasteiger partial charge on any atom is 0.244 e. The molecule has 0 radical (unpaired) electrons. The number of para-hydroxylation sites is 2. The van der Waals surface area contributed by atoms with Crippen molar-refractivity contribution >= 4 is 53.1 Å². The maximum atomic E-state index is 4.92. The molecule has 3 aliphatic rings. The number of hydrogen-bond acceptors (Lipinski definition) is 7. The fourth-order valence-corrected chi connectivity index (χ4v) is 15.8. The molecule has 11 rings (SSSR count). The van der Waals surface area contributed by atoms with Crippen LogP contribution in [0, 0.1) is 0 Å². The van der Waals surface area contributed by atoms with E-state index in [4.69, 9.17) is 20.6 Å². The molecule has 8 aromatic rings. The Labute approximate surface area is 595 Å². The molecule has 0 saturated carbocycles. The minimum atomic E-state index is 0.302. The normalized spacial score (nSPS) is 14.7. The van der Waals surface area contributed by atoms with Gasteiger partial charge in [-0.25, -0.2) is 37.8 Å². The molecule has 5 heterocycles. The highest BCUT2D eigenvalue weighted by Crippen LogP contribution is 2.46. The minimum Gasteiger partial charge on any atom is -0.247 e. The predicted octanol–water partition coefficient (Wildman–Crippen LogP) is 21.4. The van der Waals surface area contributed by atoms with Crippen LogP contribution in [0.2, 0.25) is 0 Å². The number of benzene rings is 6. The van der Waals surface area contributed by atoms with Crippen LogP contribution in [-0.4, -0.2) is 102 Å². The van der Waals surface area contributed by atoms with Gasteiger partial charge in [0.25, 0.3) is 0 Å². The maximum absolute atomic E-state index is 4.92. The molecule has 2 aromatic heterocycles. The van der Waals surface area contributed by atoms with Crippen LogP contribution in [0.3, 0.4) is 0 Å². The molecule has 6 aromatic carbocycles. The summed E-state index contributed by atoms with van der Waals surface area (Å²) in [5.41, 5.74) is 31.2. The SMILES string of the molecule is CC(C)c1cc(Cn2cc(-c3cc(C(C)C)c([N+]4=CN(c5c(C(C)C)cccc5C(C)C)CC4)c(C(C)C)c3)nn2)cc(C(C)C)c1N1C=[N+](c2c(C(C)C)cc(Cn3cc(-c4cc(C(C)C)c([N+]5=CN(c6c(C(C)C)cccc6C(C)C)CC5)c(C(C)C)c4)nn3)cc2C(C)C)CC1. The van der Waals surface area contributed by atoms with E-state index in [0.717, 1.165) is 61.8 Å². The largest absolute Gasteiger partial charge is 0.247 e. The molecular formula is C87H119N12+3. The van der Waals surface area contributed by atoms with Gasteiger partial charge in [0.1, 0.15) is 84.8 Å². The summed E-state index contributed by atoms with van der Waals surface area (Å²) in [5.74, 6) is 4.19. The van der Waals surface area contributed by atoms with Crippen molar-refractivity contribution in [3.05, 3.63) is 175 Å². The van der Waals surface area contributed by atoms with Crippen LogP contribution in [0.4, 0.5) is 34.1 Å². The Morgan fingerprint density at radius 2 is 0.535 bits per heavy atom. The molecule has 0 aliphatic carbocycles. The predicted molar refractivity (Wildman–Crippen MR) is 419 cm³/mol. The average Bonchev–Trinajstić information content (AvgIpc) is 1.72. The number of rotatable bonds is 24. The monoisotopic (exact) mass is 1330 g/mol. The Morgan fingerprint density at radius 3 is 0.788 bits per heavy atom. The molecular weight excluding hydrogens is 1210 g/mol. The Kier molecular flexibility index (Phi) is 21.7. The van der Waals surface area contributed by atoms with Gasteiger partial charge in [0.2, 0.25) is 19.0 Å². The van der Waals surface area contributed by atoms with Crippen molar-refractivity contribution in [1.29, 1.82) is 0 Å². The van der Waals surface area contributed by atoms with Gasteiger partial charge in [0.05, 0.1) is 25.5 Å². The van der Waals surface area contributed by atoms with Crippen molar-refractivity contribution in [3.63, 3.8) is 0 Å². The van der Waals surface area contributed by atoms with Gasteiger partial charge in [0, 0.05) is 77.9 Å². The van der Waals surface area contributed by atoms with Gasteiger partial charge in [-0.3, -0.25) is 0 Å². The lowest BCUT2D eigenvalue weighted by atomic mass is 9.89. The van der Waals surface area contributed by atoms with E-state index in [1.54, 1.807) is 0 Å². The summed E-state index contributed by atoms with van der Waals surface area (Å²) in [4.78, 5) is 7.61. The summed E-state index contributed by atoms with van der Waals surface area (Å²) in [6.07, 6.45) is 11.6. The zero-order valence-electron chi connectivity index (χ0n) is 64.9. The molecule has 0 spiro atoms. The molecule has 0 N–H and O–H groups in total. The van der Waals surface area contributed by atoms with E-state index in [-0.39, 0.29) is 0 Å². The molecule has 0 saturated heterocycles. The minimum absolute atomic E-state index is 0.302. The van der Waals surface area contributed by atoms with Crippen molar-refractivity contribution in [3.8, 4) is 22.5 Å². The Balaban J connectivity index is 0.859. The van der Waals surface area contributed by atoms with E-state index in [2.05, 4.69) is 320 Å². The Morgan fingerprint density at radius 1 is 0.303 bits per heavy atom. The number of nitrogens with zero attached hydrogens (tertiary/aromatic N) is 12. The lowest BCUT2D eigenvalue weighted by Gasteiger charge is -2.23. The van der Waals surface area contributed by atoms with Crippen LogP contribution >= 0.6 is 0 Å². The molecule has 524 valence electrons. The van der Waals surface area contributed by atoms with Gasteiger partial charge < -0.3 is 0 Å². The molecule has 3 aliphatic heterocycles. The fourth-order valence-electron chi connectivity index (χ4n) is 15.8. The van der Waals surface area contributed by atoms with Gasteiger partial charge >= 0.3 is 0 Å². The molecule has 99 heavy (non-hydrogen) atoms. The molecule has 0 atom stereocenters. The van der Waals surface area contributed by atoms with Crippen LogP contribution < -0.4 is 14.7 Å². The molecule has 0 unspecified atom stereocenters. The van der Waals surface area contributed by atoms with E-state index in [1.807, 2.05) is 0 Å². The third kappa shape index (κ3) is 14.8. The summed E-state index contributed by atoms with van der Waals surface area (Å²) in [7, 11) is 0. The topological polar surface area (TPSA) is 80.2 Å². The van der Waals surface area contributed by atoms with Crippen molar-refractivity contribution in [2.24, 2.45) is 0 Å². The highest BCUT2D eigenvalue weighted by atomic mass is 15.4. The molecule has 12 heteroatoms. The second-order valence-corrected chi connectivity index (χ2v) is 32.8. The smallest absolute Gasteiger partial charge is 0.244 e. The first-order chi connectivity index (χ1) is 47.0. The van der Waals surface area contributed by atoms with Crippen molar-refractivity contribution in [1.82, 2.24) is 30.0 Å². The van der Waals surface area contributed by atoms with E-state index in [0.29, 0.717) is 84.1 Å². The molecule has 12 nitrogen and oxygen atoms in total. The van der Waals surface area contributed by atoms with Gasteiger partial charge in [-0.2, -0.15) is 0 Å². The first-order valence-electron chi connectivity index (χ1n) is 37.9. The summed E-state index contributed by atoms with van der Waals surface area (Å²) in [6.45, 7) is 62.9. The number of aromatic nitrogens is 6. The Bertz CT molecular complexity index is 4170. The Hall–Kier alpha value is -7.99. The van der Waals surface area contributed by atoms with Crippen LogP contribution in [0.5, 0.6) is 0 Å². The second kappa shape index (κ2) is 29.7. The van der Waals surface area contributed by atoms with E-state index in [9.17, 15) is 0 Å². The molecule has 0 fully saturated rings. The summed E-state index contributed by atoms with van der Waals surface area (Å²) < 4.78 is 11.7. The highest BCUT2D eigenvalue weighted by Gasteiger charge is 2.37. The first-order valence-corrected chi connectivity index (χ1v) is 37.9. The van der Waals surface area contributed by atoms with Gasteiger partial charge in [-0.05, 0) is 131 Å². The number of anilines is 3. The highest BCUT2D eigenvalue weighted by molar-refractivity contribution is 5.86. The van der Waals surface area contributed by atoms with Gasteiger partial charge in [0.15, 0.2) is 0 Å². The van der Waals surface area contributed by atoms with Crippen LogP contribution in [0.15, 0.2) is 97.3 Å². The second-order valence-electron chi connectivity index (χ2n) is 32.8.